The van der Waals surface area contributed by atoms with E-state index in [9.17, 15) is 4.79 Å². The third kappa shape index (κ3) is 3.12. The van der Waals surface area contributed by atoms with Crippen molar-refractivity contribution >= 4 is 33.1 Å². The summed E-state index contributed by atoms with van der Waals surface area (Å²) < 4.78 is 6.54. The molecule has 1 aromatic carbocycles. The van der Waals surface area contributed by atoms with Gasteiger partial charge in [-0.2, -0.15) is 0 Å². The predicted molar refractivity (Wildman–Crippen MR) is 106 cm³/mol. The number of fused-ring (bicyclic) bond motifs is 1. The second-order valence-corrected chi connectivity index (χ2v) is 7.47. The maximum absolute atomic E-state index is 11.5. The van der Waals surface area contributed by atoms with E-state index in [1.807, 2.05) is 24.3 Å². The Labute approximate surface area is 156 Å². The number of anilines is 1. The molecule has 0 unspecified atom stereocenters. The van der Waals surface area contributed by atoms with E-state index in [1.54, 1.807) is 18.4 Å². The number of nitrogens with two attached hydrogens (primary N) is 1. The number of methoxy groups -OCH3 is 1. The van der Waals surface area contributed by atoms with Crippen LogP contribution in [-0.4, -0.2) is 31.1 Å². The maximum atomic E-state index is 11.5. The molecule has 0 aliphatic carbocycles. The topological polar surface area (TPSA) is 68.5 Å². The molecule has 3 aromatic rings. The Morgan fingerprint density at radius 3 is 2.81 bits per heavy atom. The number of amides is 1. The quantitative estimate of drug-likeness (QED) is 0.764. The van der Waals surface area contributed by atoms with Crippen LogP contribution < -0.4 is 15.4 Å². The van der Waals surface area contributed by atoms with E-state index in [0.29, 0.717) is 0 Å². The highest BCUT2D eigenvalue weighted by atomic mass is 32.1. The van der Waals surface area contributed by atoms with Crippen molar-refractivity contribution in [1.29, 1.82) is 0 Å². The predicted octanol–water partition coefficient (Wildman–Crippen LogP) is 3.67. The summed E-state index contributed by atoms with van der Waals surface area (Å²) in [5.41, 5.74) is 9.63. The fourth-order valence-electron chi connectivity index (χ4n) is 3.51. The van der Waals surface area contributed by atoms with Crippen LogP contribution in [0.15, 0.2) is 41.8 Å². The number of pyridine rings is 1. The van der Waals surface area contributed by atoms with Gasteiger partial charge in [0.2, 0.25) is 5.91 Å². The lowest BCUT2D eigenvalue weighted by Crippen LogP contribution is -2.38. The Kier molecular flexibility index (Phi) is 4.51. The van der Waals surface area contributed by atoms with Crippen LogP contribution in [0.1, 0.15) is 12.8 Å². The molecule has 1 aliphatic heterocycles. The molecule has 5 nitrogen and oxygen atoms in total. The van der Waals surface area contributed by atoms with E-state index in [0.717, 1.165) is 48.5 Å². The van der Waals surface area contributed by atoms with Gasteiger partial charge in [-0.15, -0.1) is 11.3 Å². The number of ether oxygens (including phenoxy) is 1. The molecule has 134 valence electrons. The molecule has 3 heterocycles. The highest BCUT2D eigenvalue weighted by Gasteiger charge is 2.25. The average molecular weight is 367 g/mol. The number of hydrogen-bond acceptors (Lipinski definition) is 5. The van der Waals surface area contributed by atoms with Crippen molar-refractivity contribution < 1.29 is 9.53 Å². The van der Waals surface area contributed by atoms with E-state index in [4.69, 9.17) is 15.5 Å². The number of carbonyl (C=O) groups is 1. The number of nitrogens with zero attached hydrogens (tertiary/aromatic N) is 2. The second-order valence-electron chi connectivity index (χ2n) is 6.56. The van der Waals surface area contributed by atoms with E-state index in [2.05, 4.69) is 22.4 Å². The zero-order chi connectivity index (χ0) is 18.1. The maximum Gasteiger partial charge on any atom is 0.220 e. The van der Waals surface area contributed by atoms with Gasteiger partial charge >= 0.3 is 0 Å². The largest absolute Gasteiger partial charge is 0.497 e. The number of aromatic nitrogens is 1. The first kappa shape index (κ1) is 16.8. The monoisotopic (exact) mass is 367 g/mol. The molecule has 0 spiro atoms. The minimum absolute atomic E-state index is 0.00947. The van der Waals surface area contributed by atoms with Gasteiger partial charge in [-0.1, -0.05) is 12.1 Å². The molecule has 1 aliphatic rings. The molecular weight excluding hydrogens is 346 g/mol. The molecule has 1 fully saturated rings. The van der Waals surface area contributed by atoms with Gasteiger partial charge < -0.3 is 15.4 Å². The zero-order valence-corrected chi connectivity index (χ0v) is 15.5. The van der Waals surface area contributed by atoms with Crippen molar-refractivity contribution in [3.05, 3.63) is 41.8 Å². The molecule has 0 atom stereocenters. The molecule has 0 bridgehead atoms. The van der Waals surface area contributed by atoms with Crippen molar-refractivity contribution in [2.45, 2.75) is 12.8 Å². The third-order valence-electron chi connectivity index (χ3n) is 4.99. The Bertz CT molecular complexity index is 945. The number of carbonyl (C=O) groups excluding carboxylic acids is 1. The minimum Gasteiger partial charge on any atom is -0.497 e. The molecule has 2 aromatic heterocycles. The molecule has 4 rings (SSSR count). The first-order valence-corrected chi connectivity index (χ1v) is 9.60. The van der Waals surface area contributed by atoms with E-state index >= 15 is 0 Å². The third-order valence-corrected chi connectivity index (χ3v) is 5.92. The molecule has 1 saturated heterocycles. The molecule has 0 radical (unpaired) electrons. The molecule has 26 heavy (non-hydrogen) atoms. The Morgan fingerprint density at radius 1 is 1.27 bits per heavy atom. The SMILES string of the molecule is COc1cccc(-c2cc(N3CCC(C(N)=O)CC3)c3sccc3n2)c1. The summed E-state index contributed by atoms with van der Waals surface area (Å²) >= 11 is 1.71. The lowest BCUT2D eigenvalue weighted by atomic mass is 9.96. The van der Waals surface area contributed by atoms with Crippen LogP contribution in [0.3, 0.4) is 0 Å². The summed E-state index contributed by atoms with van der Waals surface area (Å²) in [6.07, 6.45) is 1.61. The van der Waals surface area contributed by atoms with Gasteiger partial charge in [0, 0.05) is 24.6 Å². The Hall–Kier alpha value is -2.60. The van der Waals surface area contributed by atoms with Gasteiger partial charge in [-0.05, 0) is 42.5 Å². The number of primary amides is 1. The van der Waals surface area contributed by atoms with Crippen molar-refractivity contribution in [2.24, 2.45) is 11.7 Å². The van der Waals surface area contributed by atoms with Gasteiger partial charge in [-0.3, -0.25) is 4.79 Å². The van der Waals surface area contributed by atoms with Crippen LogP contribution in [0.2, 0.25) is 0 Å². The molecular formula is C20H21N3O2S. The van der Waals surface area contributed by atoms with Crippen LogP contribution in [0.5, 0.6) is 5.75 Å². The highest BCUT2D eigenvalue weighted by Crippen LogP contribution is 2.36. The highest BCUT2D eigenvalue weighted by molar-refractivity contribution is 7.17. The minimum atomic E-state index is -0.183. The van der Waals surface area contributed by atoms with Crippen molar-refractivity contribution in [3.63, 3.8) is 0 Å². The molecule has 6 heteroatoms. The van der Waals surface area contributed by atoms with Crippen molar-refractivity contribution in [2.75, 3.05) is 25.1 Å². The zero-order valence-electron chi connectivity index (χ0n) is 14.6. The molecule has 2 N–H and O–H groups in total. The van der Waals surface area contributed by atoms with Crippen LogP contribution in [0.4, 0.5) is 5.69 Å². The average Bonchev–Trinajstić information content (AvgIpc) is 3.16. The lowest BCUT2D eigenvalue weighted by Gasteiger charge is -2.32. The first-order valence-electron chi connectivity index (χ1n) is 8.72. The standard InChI is InChI=1S/C20H21N3O2S/c1-25-15-4-2-3-14(11-15)17-12-18(19-16(22-17)7-10-26-19)23-8-5-13(6-9-23)20(21)24/h2-4,7,10-13H,5-6,8-9H2,1H3,(H2,21,24). The lowest BCUT2D eigenvalue weighted by molar-refractivity contribution is -0.122. The normalized spacial score (nSPS) is 15.3. The van der Waals surface area contributed by atoms with Crippen molar-refractivity contribution in [3.8, 4) is 17.0 Å². The summed E-state index contributed by atoms with van der Waals surface area (Å²) in [4.78, 5) is 18.6. The smallest absolute Gasteiger partial charge is 0.220 e. The van der Waals surface area contributed by atoms with E-state index < -0.39 is 0 Å². The summed E-state index contributed by atoms with van der Waals surface area (Å²) in [5.74, 6) is 0.626. The fraction of sp³-hybridized carbons (Fsp3) is 0.300. The Morgan fingerprint density at radius 2 is 2.08 bits per heavy atom. The van der Waals surface area contributed by atoms with E-state index in [-0.39, 0.29) is 11.8 Å². The fourth-order valence-corrected chi connectivity index (χ4v) is 4.39. The summed E-state index contributed by atoms with van der Waals surface area (Å²) in [7, 11) is 1.67. The second kappa shape index (κ2) is 6.96. The Balaban J connectivity index is 1.73. The molecule has 1 amide bonds. The number of thiophene rings is 1. The van der Waals surface area contributed by atoms with Crippen LogP contribution in [0, 0.1) is 5.92 Å². The van der Waals surface area contributed by atoms with Gasteiger partial charge in [0.25, 0.3) is 0 Å². The number of rotatable bonds is 4. The summed E-state index contributed by atoms with van der Waals surface area (Å²) in [5, 5.41) is 2.08. The first-order chi connectivity index (χ1) is 12.7. The molecule has 0 saturated carbocycles. The van der Waals surface area contributed by atoms with Crippen LogP contribution in [0.25, 0.3) is 21.5 Å². The number of piperidine rings is 1. The van der Waals surface area contributed by atoms with Gasteiger partial charge in [0.15, 0.2) is 0 Å². The van der Waals surface area contributed by atoms with Gasteiger partial charge in [0.05, 0.1) is 28.7 Å². The van der Waals surface area contributed by atoms with E-state index in [1.165, 1.54) is 10.4 Å². The number of benzene rings is 1. The summed E-state index contributed by atoms with van der Waals surface area (Å²) in [6.45, 7) is 1.67. The van der Waals surface area contributed by atoms with Gasteiger partial charge in [0.1, 0.15) is 5.75 Å². The summed E-state index contributed by atoms with van der Waals surface area (Å²) in [6, 6.07) is 12.2. The van der Waals surface area contributed by atoms with Crippen molar-refractivity contribution in [1.82, 2.24) is 4.98 Å². The van der Waals surface area contributed by atoms with Crippen LogP contribution in [-0.2, 0) is 4.79 Å². The van der Waals surface area contributed by atoms with Crippen LogP contribution >= 0.6 is 11.3 Å². The number of hydrogen-bond donors (Lipinski definition) is 1. The van der Waals surface area contributed by atoms with Gasteiger partial charge in [-0.25, -0.2) is 4.98 Å².